The van der Waals surface area contributed by atoms with Crippen molar-refractivity contribution in [1.82, 2.24) is 4.72 Å². The summed E-state index contributed by atoms with van der Waals surface area (Å²) in [7, 11) is -3.17. The second-order valence-corrected chi connectivity index (χ2v) is 10.5. The normalized spacial score (nSPS) is 16.7. The molecule has 8 nitrogen and oxygen atoms in total. The second kappa shape index (κ2) is 10.8. The lowest BCUT2D eigenvalue weighted by atomic mass is 9.91. The molecule has 1 unspecified atom stereocenters. The summed E-state index contributed by atoms with van der Waals surface area (Å²) >= 11 is 0. The molecule has 0 radical (unpaired) electrons. The van der Waals surface area contributed by atoms with Crippen molar-refractivity contribution in [3.05, 3.63) is 65.2 Å². The van der Waals surface area contributed by atoms with Crippen LogP contribution in [0.15, 0.2) is 48.5 Å². The first-order valence-corrected chi connectivity index (χ1v) is 12.9. The van der Waals surface area contributed by atoms with Gasteiger partial charge in [0.05, 0.1) is 31.9 Å². The van der Waals surface area contributed by atoms with E-state index >= 15 is 0 Å². The molecule has 0 aliphatic carbocycles. The number of aryl methyl sites for hydroxylation is 2. The third-order valence-electron chi connectivity index (χ3n) is 6.00. The number of nitrogens with one attached hydrogen (secondary N) is 1. The van der Waals surface area contributed by atoms with Crippen LogP contribution in [0.3, 0.4) is 0 Å². The second-order valence-electron chi connectivity index (χ2n) is 8.70. The molecule has 3 rings (SSSR count). The van der Waals surface area contributed by atoms with Gasteiger partial charge in [-0.15, -0.1) is 0 Å². The van der Waals surface area contributed by atoms with E-state index in [0.29, 0.717) is 25.8 Å². The number of nitrogens with zero attached hydrogens (tertiary/aromatic N) is 1. The Bertz CT molecular complexity index is 1030. The topological polar surface area (TPSA) is 127 Å². The molecule has 1 fully saturated rings. The summed E-state index contributed by atoms with van der Waals surface area (Å²) < 4.78 is 24.7. The van der Waals surface area contributed by atoms with Gasteiger partial charge >= 0.3 is 0 Å². The molecule has 4 N–H and O–H groups in total. The number of carbonyl (C=O) groups excluding carboxylic acids is 1. The first-order chi connectivity index (χ1) is 15.6. The molecule has 1 aliphatic heterocycles. The number of sulfonamides is 1. The number of benzene rings is 2. The largest absolute Gasteiger partial charge is 0.393 e. The molecule has 1 aliphatic rings. The molecular weight excluding hydrogens is 444 g/mol. The third kappa shape index (κ3) is 6.84. The highest BCUT2D eigenvalue weighted by Gasteiger charge is 2.38. The van der Waals surface area contributed by atoms with Gasteiger partial charge in [0, 0.05) is 12.2 Å². The maximum atomic E-state index is 12.3. The molecule has 1 amide bonds. The molecular formula is C24H32N2O6S. The predicted molar refractivity (Wildman–Crippen MR) is 126 cm³/mol. The average molecular weight is 477 g/mol. The smallest absolute Gasteiger partial charge is 0.230 e. The Balaban J connectivity index is 1.58. The lowest BCUT2D eigenvalue weighted by Gasteiger charge is -2.41. The first-order valence-electron chi connectivity index (χ1n) is 11.0. The van der Waals surface area contributed by atoms with Crippen LogP contribution in [0.25, 0.3) is 0 Å². The lowest BCUT2D eigenvalue weighted by molar-refractivity contribution is -0.124. The SMILES string of the molecule is CS(=O)(=O)NCCCc1ccc(N2C(=O)CC2c2ccc(CCC(O)(CO)CO)cc2)cc1. The van der Waals surface area contributed by atoms with Gasteiger partial charge < -0.3 is 20.2 Å². The third-order valence-corrected chi connectivity index (χ3v) is 6.73. The van der Waals surface area contributed by atoms with E-state index in [-0.39, 0.29) is 18.4 Å². The lowest BCUT2D eigenvalue weighted by Crippen LogP contribution is -2.46. The van der Waals surface area contributed by atoms with Crippen molar-refractivity contribution in [2.75, 3.05) is 30.9 Å². The zero-order chi connectivity index (χ0) is 24.1. The highest BCUT2D eigenvalue weighted by molar-refractivity contribution is 7.88. The Hall–Kier alpha value is -2.30. The van der Waals surface area contributed by atoms with E-state index < -0.39 is 28.8 Å². The van der Waals surface area contributed by atoms with Gasteiger partial charge in [-0.05, 0) is 54.5 Å². The Morgan fingerprint density at radius 3 is 2.12 bits per heavy atom. The number of hydrogen-bond donors (Lipinski definition) is 4. The predicted octanol–water partition coefficient (Wildman–Crippen LogP) is 1.29. The molecule has 0 bridgehead atoms. The van der Waals surface area contributed by atoms with E-state index in [1.54, 1.807) is 4.90 Å². The maximum Gasteiger partial charge on any atom is 0.230 e. The molecule has 1 saturated heterocycles. The highest BCUT2D eigenvalue weighted by Crippen LogP contribution is 2.39. The van der Waals surface area contributed by atoms with E-state index in [0.717, 1.165) is 35.1 Å². The summed E-state index contributed by atoms with van der Waals surface area (Å²) in [5.74, 6) is 0.0603. The summed E-state index contributed by atoms with van der Waals surface area (Å²) in [5, 5.41) is 28.4. The monoisotopic (exact) mass is 476 g/mol. The van der Waals surface area contributed by atoms with Crippen molar-refractivity contribution in [2.45, 2.75) is 43.7 Å². The van der Waals surface area contributed by atoms with Crippen LogP contribution in [0.4, 0.5) is 5.69 Å². The van der Waals surface area contributed by atoms with Gasteiger partial charge in [0.2, 0.25) is 15.9 Å². The van der Waals surface area contributed by atoms with E-state index in [4.69, 9.17) is 0 Å². The summed E-state index contributed by atoms with van der Waals surface area (Å²) in [5.41, 5.74) is 2.43. The molecule has 0 saturated carbocycles. The zero-order valence-electron chi connectivity index (χ0n) is 18.8. The number of anilines is 1. The Labute approximate surface area is 194 Å². The fraction of sp³-hybridized carbons (Fsp3) is 0.458. The van der Waals surface area contributed by atoms with Crippen LogP contribution in [-0.2, 0) is 27.7 Å². The number of hydrogen-bond acceptors (Lipinski definition) is 6. The fourth-order valence-electron chi connectivity index (χ4n) is 3.87. The zero-order valence-corrected chi connectivity index (χ0v) is 19.6. The van der Waals surface area contributed by atoms with Gasteiger partial charge in [0.1, 0.15) is 5.60 Å². The minimum atomic E-state index is -3.17. The van der Waals surface area contributed by atoms with Crippen LogP contribution < -0.4 is 9.62 Å². The molecule has 1 heterocycles. The molecule has 1 atom stereocenters. The standard InChI is InChI=1S/C24H32N2O6S/c1-33(31,32)25-14-2-3-18-6-10-21(11-7-18)26-22(15-23(26)29)20-8-4-19(5-9-20)12-13-24(30,16-27)17-28/h4-11,22,25,27-28,30H,2-3,12-17H2,1H3. The van der Waals surface area contributed by atoms with Crippen LogP contribution in [0.1, 0.15) is 42.0 Å². The number of aliphatic hydroxyl groups excluding tert-OH is 2. The van der Waals surface area contributed by atoms with Crippen LogP contribution in [-0.4, -0.2) is 61.3 Å². The van der Waals surface area contributed by atoms with Gasteiger partial charge in [-0.3, -0.25) is 4.79 Å². The first kappa shape index (κ1) is 25.3. The van der Waals surface area contributed by atoms with Crippen molar-refractivity contribution >= 4 is 21.6 Å². The summed E-state index contributed by atoms with van der Waals surface area (Å²) in [6.07, 6.45) is 3.79. The number of carbonyl (C=O) groups is 1. The summed E-state index contributed by atoms with van der Waals surface area (Å²) in [6.45, 7) is -0.587. The molecule has 9 heteroatoms. The molecule has 0 aromatic heterocycles. The Morgan fingerprint density at radius 2 is 1.58 bits per heavy atom. The number of β-lactam (4-membered cyclic amide) rings is 1. The van der Waals surface area contributed by atoms with Crippen molar-refractivity contribution < 1.29 is 28.5 Å². The molecule has 2 aromatic rings. The van der Waals surface area contributed by atoms with Crippen LogP contribution >= 0.6 is 0 Å². The van der Waals surface area contributed by atoms with Crippen molar-refractivity contribution in [2.24, 2.45) is 0 Å². The number of aliphatic hydroxyl groups is 3. The highest BCUT2D eigenvalue weighted by atomic mass is 32.2. The minimum absolute atomic E-state index is 0.0387. The van der Waals surface area contributed by atoms with Crippen molar-refractivity contribution in [3.8, 4) is 0 Å². The van der Waals surface area contributed by atoms with Crippen LogP contribution in [0.5, 0.6) is 0 Å². The van der Waals surface area contributed by atoms with Crippen molar-refractivity contribution in [1.29, 1.82) is 0 Å². The fourth-order valence-corrected chi connectivity index (χ4v) is 4.39. The van der Waals surface area contributed by atoms with Gasteiger partial charge in [-0.1, -0.05) is 36.4 Å². The van der Waals surface area contributed by atoms with E-state index in [9.17, 15) is 28.5 Å². The Morgan fingerprint density at radius 1 is 1.00 bits per heavy atom. The molecule has 0 spiro atoms. The van der Waals surface area contributed by atoms with Crippen LogP contribution in [0, 0.1) is 0 Å². The molecule has 33 heavy (non-hydrogen) atoms. The summed E-state index contributed by atoms with van der Waals surface area (Å²) in [6, 6.07) is 15.6. The average Bonchev–Trinajstić information content (AvgIpc) is 2.79. The van der Waals surface area contributed by atoms with Gasteiger partial charge in [-0.2, -0.15) is 0 Å². The number of amides is 1. The minimum Gasteiger partial charge on any atom is -0.393 e. The number of rotatable bonds is 12. The maximum absolute atomic E-state index is 12.3. The Kier molecular flexibility index (Phi) is 8.25. The van der Waals surface area contributed by atoms with E-state index in [1.807, 2.05) is 48.5 Å². The van der Waals surface area contributed by atoms with E-state index in [1.165, 1.54) is 0 Å². The van der Waals surface area contributed by atoms with Gasteiger partial charge in [0.25, 0.3) is 0 Å². The quantitative estimate of drug-likeness (QED) is 0.270. The van der Waals surface area contributed by atoms with Crippen LogP contribution in [0.2, 0.25) is 0 Å². The van der Waals surface area contributed by atoms with Crippen molar-refractivity contribution in [3.63, 3.8) is 0 Å². The molecule has 180 valence electrons. The van der Waals surface area contributed by atoms with E-state index in [2.05, 4.69) is 4.72 Å². The van der Waals surface area contributed by atoms with Gasteiger partial charge in [-0.25, -0.2) is 13.1 Å². The van der Waals surface area contributed by atoms with Gasteiger partial charge in [0.15, 0.2) is 0 Å². The summed E-state index contributed by atoms with van der Waals surface area (Å²) in [4.78, 5) is 14.1. The molecule has 2 aromatic carbocycles.